The Morgan fingerprint density at radius 2 is 1.46 bits per heavy atom. The molecule has 0 radical (unpaired) electrons. The molecular formula is C31H44N6O9. The van der Waals surface area contributed by atoms with Crippen LogP contribution in [-0.2, 0) is 40.0 Å². The van der Waals surface area contributed by atoms with Crippen LogP contribution in [0.4, 0.5) is 0 Å². The summed E-state index contributed by atoms with van der Waals surface area (Å²) >= 11 is 0. The molecule has 0 bridgehead atoms. The van der Waals surface area contributed by atoms with Gasteiger partial charge in [-0.15, -0.1) is 0 Å². The van der Waals surface area contributed by atoms with Crippen molar-refractivity contribution in [1.29, 1.82) is 0 Å². The molecule has 1 aromatic rings. The van der Waals surface area contributed by atoms with Gasteiger partial charge in [-0.3, -0.25) is 43.5 Å². The number of carboxylic acids is 2. The Morgan fingerprint density at radius 3 is 2.00 bits per heavy atom. The normalized spacial score (nSPS) is 14.0. The van der Waals surface area contributed by atoms with Crippen LogP contribution in [0.2, 0.25) is 0 Å². The van der Waals surface area contributed by atoms with Crippen LogP contribution in [0.5, 0.6) is 0 Å². The van der Waals surface area contributed by atoms with E-state index in [1.54, 1.807) is 0 Å². The average molecular weight is 645 g/mol. The number of aromatic nitrogens is 2. The van der Waals surface area contributed by atoms with E-state index in [9.17, 15) is 38.7 Å². The van der Waals surface area contributed by atoms with Crippen LogP contribution in [-0.4, -0.2) is 98.3 Å². The Kier molecular flexibility index (Phi) is 16.9. The number of carbonyl (C=O) groups excluding carboxylic acids is 5. The minimum absolute atomic E-state index is 0.000932. The van der Waals surface area contributed by atoms with Gasteiger partial charge in [0.25, 0.3) is 0 Å². The molecule has 1 amide bonds. The number of rotatable bonds is 25. The molecule has 2 heterocycles. The number of ketones is 4. The number of unbranched alkanes of at least 4 members (excludes halogenated alkanes) is 1. The van der Waals surface area contributed by atoms with Gasteiger partial charge >= 0.3 is 11.9 Å². The summed E-state index contributed by atoms with van der Waals surface area (Å²) in [5.74, 6) is -4.64. The first kappa shape index (κ1) is 37.8. The predicted octanol–water partition coefficient (Wildman–Crippen LogP) is 1.42. The zero-order chi connectivity index (χ0) is 33.9. The van der Waals surface area contributed by atoms with Crippen molar-refractivity contribution in [2.75, 3.05) is 19.6 Å². The number of aliphatic imine (C=N–C) groups is 2. The predicted molar refractivity (Wildman–Crippen MR) is 167 cm³/mol. The van der Waals surface area contributed by atoms with Crippen LogP contribution in [0.25, 0.3) is 0 Å². The molecule has 0 saturated carbocycles. The fourth-order valence-electron chi connectivity index (χ4n) is 4.78. The van der Waals surface area contributed by atoms with E-state index in [0.717, 1.165) is 0 Å². The van der Waals surface area contributed by atoms with E-state index in [1.165, 1.54) is 12.5 Å². The highest BCUT2D eigenvalue weighted by molar-refractivity contribution is 6.04. The third-order valence-electron chi connectivity index (χ3n) is 7.52. The van der Waals surface area contributed by atoms with E-state index in [1.807, 2.05) is 0 Å². The zero-order valence-corrected chi connectivity index (χ0v) is 26.0. The largest absolute Gasteiger partial charge is 0.481 e. The lowest BCUT2D eigenvalue weighted by atomic mass is 9.92. The van der Waals surface area contributed by atoms with Gasteiger partial charge in [-0.05, 0) is 25.8 Å². The summed E-state index contributed by atoms with van der Waals surface area (Å²) in [4.78, 5) is 100. The Labute approximate surface area is 266 Å². The monoisotopic (exact) mass is 644 g/mol. The minimum atomic E-state index is -1.10. The smallest absolute Gasteiger partial charge is 0.309 e. The van der Waals surface area contributed by atoms with E-state index in [4.69, 9.17) is 10.8 Å². The second-order valence-electron chi connectivity index (χ2n) is 11.3. The molecule has 15 heteroatoms. The molecule has 2 unspecified atom stereocenters. The minimum Gasteiger partial charge on any atom is -0.481 e. The maximum atomic E-state index is 13.0. The molecule has 2 rings (SSSR count). The van der Waals surface area contributed by atoms with Crippen molar-refractivity contribution >= 4 is 52.4 Å². The van der Waals surface area contributed by atoms with Crippen LogP contribution in [0.15, 0.2) is 22.5 Å². The van der Waals surface area contributed by atoms with Gasteiger partial charge < -0.3 is 26.2 Å². The number of nitrogens with zero attached hydrogens (tertiary/aromatic N) is 3. The molecular weight excluding hydrogens is 600 g/mol. The van der Waals surface area contributed by atoms with Crippen LogP contribution in [0.3, 0.4) is 0 Å². The van der Waals surface area contributed by atoms with Crippen LogP contribution < -0.4 is 11.1 Å². The second-order valence-corrected chi connectivity index (χ2v) is 11.3. The summed E-state index contributed by atoms with van der Waals surface area (Å²) in [5, 5.41) is 21.0. The molecule has 1 aromatic heterocycles. The standard InChI is InChI=1S/C31H44N6O9/c32-12-2-1-3-20(31(45)46)13-28(41)27(14-22-16-33-19-36-22)37-29(42)11-10-26(40)9-8-25(39)7-6-24(38)5-4-21-17-35-23(18-34-21)15-30(43)44/h16,19-20,27H,1-15,17-18,32H2,(H,33,36)(H,37,42)(H,43,44)(H,45,46). The van der Waals surface area contributed by atoms with Gasteiger partial charge in [0.05, 0.1) is 37.8 Å². The number of carboxylic acid groups (broad SMARTS) is 2. The Hall–Kier alpha value is -4.40. The summed E-state index contributed by atoms with van der Waals surface area (Å²) in [6.07, 6.45) is 4.21. The number of aromatic amines is 1. The number of imidazole rings is 1. The van der Waals surface area contributed by atoms with Crippen molar-refractivity contribution in [3.8, 4) is 0 Å². The molecule has 0 fully saturated rings. The third-order valence-corrected chi connectivity index (χ3v) is 7.52. The number of amides is 1. The number of hydrogen-bond acceptors (Lipinski definition) is 11. The molecule has 252 valence electrons. The van der Waals surface area contributed by atoms with Gasteiger partial charge in [0.1, 0.15) is 17.3 Å². The maximum Gasteiger partial charge on any atom is 0.309 e. The SMILES string of the molecule is NCCCCC(CC(=O)C(Cc1cnc[nH]1)NC(=O)CCC(=O)CCC(=O)CCC(=O)CCC1=NCC(CC(=O)O)=NC1)C(=O)O. The Bertz CT molecular complexity index is 1290. The summed E-state index contributed by atoms with van der Waals surface area (Å²) in [5.41, 5.74) is 7.26. The number of aliphatic carboxylic acids is 2. The molecule has 2 atom stereocenters. The first-order valence-electron chi connectivity index (χ1n) is 15.5. The van der Waals surface area contributed by atoms with Gasteiger partial charge in [0.2, 0.25) is 5.91 Å². The van der Waals surface area contributed by atoms with Crippen molar-refractivity contribution < 1.29 is 43.8 Å². The van der Waals surface area contributed by atoms with Crippen LogP contribution in [0.1, 0.15) is 89.2 Å². The van der Waals surface area contributed by atoms with E-state index < -0.39 is 35.6 Å². The summed E-state index contributed by atoms with van der Waals surface area (Å²) in [6.45, 7) is 0.883. The van der Waals surface area contributed by atoms with E-state index in [-0.39, 0.29) is 101 Å². The van der Waals surface area contributed by atoms with E-state index >= 15 is 0 Å². The van der Waals surface area contributed by atoms with Gasteiger partial charge in [0, 0.05) is 81.1 Å². The molecule has 0 spiro atoms. The Balaban J connectivity index is 1.71. The maximum absolute atomic E-state index is 13.0. The van der Waals surface area contributed by atoms with Crippen LogP contribution >= 0.6 is 0 Å². The highest BCUT2D eigenvalue weighted by atomic mass is 16.4. The van der Waals surface area contributed by atoms with Gasteiger partial charge in [-0.2, -0.15) is 0 Å². The lowest BCUT2D eigenvalue weighted by Crippen LogP contribution is -2.43. The summed E-state index contributed by atoms with van der Waals surface area (Å²) in [7, 11) is 0. The van der Waals surface area contributed by atoms with E-state index in [2.05, 4.69) is 25.3 Å². The second kappa shape index (κ2) is 20.6. The fourth-order valence-corrected chi connectivity index (χ4v) is 4.78. The third kappa shape index (κ3) is 15.5. The Morgan fingerprint density at radius 1 is 0.848 bits per heavy atom. The molecule has 0 aliphatic carbocycles. The molecule has 46 heavy (non-hydrogen) atoms. The number of Topliss-reactive ketones (excluding diaryl/α,β-unsaturated/α-hetero) is 4. The molecule has 6 N–H and O–H groups in total. The fraction of sp³-hybridized carbons (Fsp3) is 0.613. The van der Waals surface area contributed by atoms with Crippen molar-refractivity contribution in [3.05, 3.63) is 18.2 Å². The molecule has 0 saturated heterocycles. The molecule has 1 aliphatic heterocycles. The molecule has 15 nitrogen and oxygen atoms in total. The number of H-pyrrole nitrogens is 1. The van der Waals surface area contributed by atoms with Crippen molar-refractivity contribution in [1.82, 2.24) is 15.3 Å². The highest BCUT2D eigenvalue weighted by Crippen LogP contribution is 2.16. The lowest BCUT2D eigenvalue weighted by Gasteiger charge is -2.19. The summed E-state index contributed by atoms with van der Waals surface area (Å²) in [6, 6.07) is -1.01. The molecule has 0 aromatic carbocycles. The first-order valence-corrected chi connectivity index (χ1v) is 15.5. The number of carbonyl (C=O) groups is 7. The number of hydrogen-bond donors (Lipinski definition) is 5. The lowest BCUT2D eigenvalue weighted by molar-refractivity contribution is -0.144. The number of nitrogens with two attached hydrogens (primary N) is 1. The van der Waals surface area contributed by atoms with Crippen molar-refractivity contribution in [3.63, 3.8) is 0 Å². The van der Waals surface area contributed by atoms with Gasteiger partial charge in [-0.25, -0.2) is 4.98 Å². The van der Waals surface area contributed by atoms with Crippen molar-refractivity contribution in [2.45, 2.75) is 95.9 Å². The van der Waals surface area contributed by atoms with Gasteiger partial charge in [-0.1, -0.05) is 6.42 Å². The van der Waals surface area contributed by atoms with Crippen molar-refractivity contribution in [2.24, 2.45) is 21.6 Å². The van der Waals surface area contributed by atoms with E-state index in [0.29, 0.717) is 42.9 Å². The quantitative estimate of drug-likeness (QED) is 0.0952. The zero-order valence-electron chi connectivity index (χ0n) is 26.0. The molecule has 1 aliphatic rings. The van der Waals surface area contributed by atoms with Crippen LogP contribution in [0, 0.1) is 5.92 Å². The summed E-state index contributed by atoms with van der Waals surface area (Å²) < 4.78 is 0. The first-order chi connectivity index (χ1) is 22.0. The topological polar surface area (TPSA) is 251 Å². The number of nitrogens with one attached hydrogen (secondary N) is 2. The highest BCUT2D eigenvalue weighted by Gasteiger charge is 2.28. The average Bonchev–Trinajstić information content (AvgIpc) is 3.53. The van der Waals surface area contributed by atoms with Gasteiger partial charge in [0.15, 0.2) is 5.78 Å².